The van der Waals surface area contributed by atoms with Crippen LogP contribution in [0.4, 0.5) is 0 Å². The van der Waals surface area contributed by atoms with Gasteiger partial charge in [-0.25, -0.2) is 0 Å². The molecule has 3 rings (SSSR count). The molecule has 1 heterocycles. The van der Waals surface area contributed by atoms with E-state index in [0.29, 0.717) is 11.8 Å². The van der Waals surface area contributed by atoms with E-state index < -0.39 is 0 Å². The zero-order chi connectivity index (χ0) is 13.7. The zero-order valence-corrected chi connectivity index (χ0v) is 12.5. The molecule has 0 aromatic rings. The molecule has 2 aliphatic carbocycles. The molecule has 0 aromatic heterocycles. The van der Waals surface area contributed by atoms with Gasteiger partial charge in [-0.3, -0.25) is 0 Å². The van der Waals surface area contributed by atoms with Crippen molar-refractivity contribution < 1.29 is 9.47 Å². The Labute approximate surface area is 117 Å². The van der Waals surface area contributed by atoms with Crippen molar-refractivity contribution in [2.24, 2.45) is 11.8 Å². The van der Waals surface area contributed by atoms with E-state index >= 15 is 0 Å². The molecule has 2 fully saturated rings. The van der Waals surface area contributed by atoms with Crippen molar-refractivity contribution in [3.63, 3.8) is 0 Å². The highest BCUT2D eigenvalue weighted by Crippen LogP contribution is 2.49. The molecule has 1 aliphatic heterocycles. The largest absolute Gasteiger partial charge is 0.347 e. The summed E-state index contributed by atoms with van der Waals surface area (Å²) in [5.74, 6) is 1.04. The molecular weight excluding hydrogens is 236 g/mol. The lowest BCUT2D eigenvalue weighted by Gasteiger charge is -2.45. The molecule has 2 atom stereocenters. The summed E-state index contributed by atoms with van der Waals surface area (Å²) in [5, 5.41) is 0. The summed E-state index contributed by atoms with van der Waals surface area (Å²) in [4.78, 5) is 0. The molecule has 0 aromatic carbocycles. The monoisotopic (exact) mass is 264 g/mol. The van der Waals surface area contributed by atoms with Gasteiger partial charge in [0.15, 0.2) is 5.79 Å². The lowest BCUT2D eigenvalue weighted by Crippen LogP contribution is -2.46. The average Bonchev–Trinajstić information content (AvgIpc) is 2.91. The van der Waals surface area contributed by atoms with Crippen LogP contribution in [-0.2, 0) is 9.47 Å². The minimum atomic E-state index is -0.223. The molecule has 1 saturated heterocycles. The predicted octanol–water partition coefficient (Wildman–Crippen LogP) is 4.47. The van der Waals surface area contributed by atoms with Crippen LogP contribution < -0.4 is 0 Å². The molecule has 0 N–H and O–H groups in total. The van der Waals surface area contributed by atoms with Crippen LogP contribution in [0.15, 0.2) is 24.3 Å². The number of fused-ring (bicyclic) bond motifs is 2. The van der Waals surface area contributed by atoms with Gasteiger partial charge in [-0.1, -0.05) is 31.6 Å². The third-order valence-corrected chi connectivity index (χ3v) is 4.55. The Bertz CT molecular complexity index is 326. The lowest BCUT2D eigenvalue weighted by atomic mass is 9.68. The van der Waals surface area contributed by atoms with Crippen LogP contribution >= 0.6 is 0 Å². The van der Waals surface area contributed by atoms with Crippen LogP contribution in [-0.4, -0.2) is 19.0 Å². The molecule has 1 spiro atoms. The van der Waals surface area contributed by atoms with Gasteiger partial charge in [-0.15, -0.1) is 6.58 Å². The van der Waals surface area contributed by atoms with Gasteiger partial charge >= 0.3 is 0 Å². The van der Waals surface area contributed by atoms with E-state index in [1.54, 1.807) is 5.57 Å². The van der Waals surface area contributed by atoms with Gasteiger partial charge in [0, 0.05) is 12.3 Å². The normalized spacial score (nSPS) is 32.0. The highest BCUT2D eigenvalue weighted by Gasteiger charge is 2.49. The first kappa shape index (κ1) is 14.8. The second kappa shape index (κ2) is 6.71. The van der Waals surface area contributed by atoms with Gasteiger partial charge in [-0.2, -0.15) is 0 Å². The van der Waals surface area contributed by atoms with E-state index in [0.717, 1.165) is 26.1 Å². The fourth-order valence-corrected chi connectivity index (χ4v) is 3.84. The van der Waals surface area contributed by atoms with Gasteiger partial charge in [0.25, 0.3) is 0 Å². The third-order valence-electron chi connectivity index (χ3n) is 4.55. The fourth-order valence-electron chi connectivity index (χ4n) is 3.84. The summed E-state index contributed by atoms with van der Waals surface area (Å²) in [6.07, 6.45) is 11.6. The van der Waals surface area contributed by atoms with Crippen molar-refractivity contribution >= 4 is 0 Å². The standard InChI is InChI=1S/C15H22O2.C2H6/c1-2-4-12-6-7-14-13(11-12)5-3-8-15(14)16-9-10-17-15;1-2/h2,11,13-14H,1,3-10H2;1-2H3. The van der Waals surface area contributed by atoms with Crippen LogP contribution in [0.3, 0.4) is 0 Å². The molecule has 0 radical (unpaired) electrons. The van der Waals surface area contributed by atoms with Crippen molar-refractivity contribution in [3.8, 4) is 0 Å². The van der Waals surface area contributed by atoms with Crippen LogP contribution in [0.2, 0.25) is 0 Å². The quantitative estimate of drug-likeness (QED) is 0.685. The van der Waals surface area contributed by atoms with E-state index in [-0.39, 0.29) is 5.79 Å². The molecule has 1 saturated carbocycles. The number of hydrogen-bond donors (Lipinski definition) is 0. The lowest BCUT2D eigenvalue weighted by molar-refractivity contribution is -0.223. The van der Waals surface area contributed by atoms with Crippen LogP contribution in [0, 0.1) is 11.8 Å². The Kier molecular flexibility index (Phi) is 5.23. The second-order valence-corrected chi connectivity index (χ2v) is 5.53. The molecule has 0 amide bonds. The van der Waals surface area contributed by atoms with E-state index in [1.165, 1.54) is 25.7 Å². The van der Waals surface area contributed by atoms with Crippen molar-refractivity contribution in [1.29, 1.82) is 0 Å². The summed E-state index contributed by atoms with van der Waals surface area (Å²) in [6, 6.07) is 0. The molecular formula is C17H28O2. The molecule has 2 heteroatoms. The van der Waals surface area contributed by atoms with Gasteiger partial charge in [0.1, 0.15) is 0 Å². The first-order valence-electron chi connectivity index (χ1n) is 7.92. The first-order valence-corrected chi connectivity index (χ1v) is 7.92. The molecule has 108 valence electrons. The third kappa shape index (κ3) is 2.95. The molecule has 0 bridgehead atoms. The number of allylic oxidation sites excluding steroid dienone is 3. The molecule has 3 aliphatic rings. The first-order chi connectivity index (χ1) is 9.34. The van der Waals surface area contributed by atoms with E-state index in [1.807, 2.05) is 19.9 Å². The minimum absolute atomic E-state index is 0.223. The smallest absolute Gasteiger partial charge is 0.171 e. The number of ether oxygens (including phenoxy) is 2. The van der Waals surface area contributed by atoms with Crippen LogP contribution in [0.1, 0.15) is 52.4 Å². The fraction of sp³-hybridized carbons (Fsp3) is 0.765. The van der Waals surface area contributed by atoms with Crippen LogP contribution in [0.25, 0.3) is 0 Å². The highest BCUT2D eigenvalue weighted by molar-refractivity contribution is 5.15. The number of rotatable bonds is 2. The highest BCUT2D eigenvalue weighted by atomic mass is 16.7. The Morgan fingerprint density at radius 2 is 2.05 bits per heavy atom. The van der Waals surface area contributed by atoms with E-state index in [2.05, 4.69) is 12.7 Å². The molecule has 2 nitrogen and oxygen atoms in total. The molecule has 19 heavy (non-hydrogen) atoms. The summed E-state index contributed by atoms with van der Waals surface area (Å²) >= 11 is 0. The van der Waals surface area contributed by atoms with Crippen molar-refractivity contribution in [2.45, 2.75) is 58.2 Å². The summed E-state index contributed by atoms with van der Waals surface area (Å²) in [7, 11) is 0. The Morgan fingerprint density at radius 1 is 1.32 bits per heavy atom. The maximum Gasteiger partial charge on any atom is 0.171 e. The Balaban J connectivity index is 0.000000637. The summed E-state index contributed by atoms with van der Waals surface area (Å²) < 4.78 is 11.9. The minimum Gasteiger partial charge on any atom is -0.347 e. The molecule has 2 unspecified atom stereocenters. The second-order valence-electron chi connectivity index (χ2n) is 5.53. The van der Waals surface area contributed by atoms with Crippen molar-refractivity contribution in [2.75, 3.05) is 13.2 Å². The zero-order valence-electron chi connectivity index (χ0n) is 12.5. The van der Waals surface area contributed by atoms with Crippen molar-refractivity contribution in [3.05, 3.63) is 24.3 Å². The maximum atomic E-state index is 5.97. The van der Waals surface area contributed by atoms with Gasteiger partial charge in [0.2, 0.25) is 0 Å². The van der Waals surface area contributed by atoms with Gasteiger partial charge in [0.05, 0.1) is 13.2 Å². The van der Waals surface area contributed by atoms with Gasteiger partial charge in [-0.05, 0) is 38.0 Å². The van der Waals surface area contributed by atoms with E-state index in [4.69, 9.17) is 9.47 Å². The van der Waals surface area contributed by atoms with Crippen molar-refractivity contribution in [1.82, 2.24) is 0 Å². The average molecular weight is 264 g/mol. The summed E-state index contributed by atoms with van der Waals surface area (Å²) in [6.45, 7) is 9.41. The maximum absolute atomic E-state index is 5.97. The number of hydrogen-bond acceptors (Lipinski definition) is 2. The Hall–Kier alpha value is -0.600. The Morgan fingerprint density at radius 3 is 2.74 bits per heavy atom. The summed E-state index contributed by atoms with van der Waals surface area (Å²) in [5.41, 5.74) is 1.57. The SMILES string of the molecule is C=CCC1=CC2CCCC3(OCCO3)C2CC1.CC. The van der Waals surface area contributed by atoms with E-state index in [9.17, 15) is 0 Å². The van der Waals surface area contributed by atoms with Gasteiger partial charge < -0.3 is 9.47 Å². The predicted molar refractivity (Wildman–Crippen MR) is 78.9 cm³/mol. The topological polar surface area (TPSA) is 18.5 Å². The van der Waals surface area contributed by atoms with Crippen LogP contribution in [0.5, 0.6) is 0 Å².